The first-order chi connectivity index (χ1) is 28.9. The highest BCUT2D eigenvalue weighted by Gasteiger charge is 2.40. The lowest BCUT2D eigenvalue weighted by Gasteiger charge is -2.39. The van der Waals surface area contributed by atoms with Crippen LogP contribution >= 0.6 is 23.2 Å². The van der Waals surface area contributed by atoms with Crippen LogP contribution in [0, 0.1) is 11.7 Å². The van der Waals surface area contributed by atoms with Gasteiger partial charge in [0.15, 0.2) is 11.6 Å². The van der Waals surface area contributed by atoms with Crippen molar-refractivity contribution in [3.63, 3.8) is 0 Å². The lowest BCUT2D eigenvalue weighted by atomic mass is 9.98. The Hall–Kier alpha value is -5.25. The standard InChI is InChI=1S/C43H48Cl2FN9O5/c1-25(39-32(44)8-9-33(46)40(39)45)60-36-17-27(19-49-41(36)47)28-20-50-55(23-28)29-12-15-52(16-13-29)14-3-2-7-38(57)53-21-26(22-53)18-48-34-6-4-5-30-31(34)24-54(43(30)59)35-10-11-37(56)51-42(35)58/h4-6,8-9,17,19-20,23,25-26,29,35,48H,2-3,7,10-16,18,21-22,24H2,1H3,(H2,47,49)(H,51,56,58). The van der Waals surface area contributed by atoms with Gasteiger partial charge in [-0.25, -0.2) is 9.37 Å². The molecule has 2 atom stereocenters. The zero-order chi connectivity index (χ0) is 42.1. The minimum atomic E-state index is -0.681. The van der Waals surface area contributed by atoms with E-state index >= 15 is 0 Å². The number of hydrogen-bond donors (Lipinski definition) is 3. The van der Waals surface area contributed by atoms with Gasteiger partial charge in [-0.3, -0.25) is 29.2 Å². The van der Waals surface area contributed by atoms with Gasteiger partial charge in [0.2, 0.25) is 17.7 Å². The van der Waals surface area contributed by atoms with E-state index in [2.05, 4.69) is 25.6 Å². The molecule has 4 aliphatic heterocycles. The Morgan fingerprint density at radius 3 is 2.65 bits per heavy atom. The molecular weight excluding hydrogens is 812 g/mol. The lowest BCUT2D eigenvalue weighted by molar-refractivity contribution is -0.138. The molecular formula is C43H48Cl2FN9O5. The van der Waals surface area contributed by atoms with Gasteiger partial charge in [-0.05, 0) is 75.9 Å². The highest BCUT2D eigenvalue weighted by Crippen LogP contribution is 2.38. The van der Waals surface area contributed by atoms with Gasteiger partial charge < -0.3 is 30.5 Å². The van der Waals surface area contributed by atoms with Crippen LogP contribution in [-0.4, -0.2) is 98.4 Å². The van der Waals surface area contributed by atoms with E-state index in [4.69, 9.17) is 33.7 Å². The Morgan fingerprint density at radius 2 is 1.87 bits per heavy atom. The predicted octanol–water partition coefficient (Wildman–Crippen LogP) is 6.25. The fourth-order valence-electron chi connectivity index (χ4n) is 8.64. The average molecular weight is 861 g/mol. The molecule has 0 aliphatic carbocycles. The third-order valence-electron chi connectivity index (χ3n) is 12.1. The van der Waals surface area contributed by atoms with Crippen molar-refractivity contribution in [2.75, 3.05) is 50.3 Å². The number of imide groups is 1. The maximum absolute atomic E-state index is 14.2. The van der Waals surface area contributed by atoms with Crippen LogP contribution in [0.2, 0.25) is 10.0 Å². The zero-order valence-corrected chi connectivity index (χ0v) is 34.9. The third-order valence-corrected chi connectivity index (χ3v) is 12.8. The summed E-state index contributed by atoms with van der Waals surface area (Å²) in [6.45, 7) is 6.98. The smallest absolute Gasteiger partial charge is 0.255 e. The second-order valence-corrected chi connectivity index (χ2v) is 16.9. The van der Waals surface area contributed by atoms with Crippen LogP contribution in [0.5, 0.6) is 5.75 Å². The summed E-state index contributed by atoms with van der Waals surface area (Å²) in [5.41, 5.74) is 10.4. The fourth-order valence-corrected chi connectivity index (χ4v) is 9.32. The van der Waals surface area contributed by atoms with E-state index in [1.54, 1.807) is 36.4 Å². The average Bonchev–Trinajstić information content (AvgIpc) is 3.84. The Kier molecular flexibility index (Phi) is 12.3. The first-order valence-corrected chi connectivity index (χ1v) is 21.3. The number of nitrogens with one attached hydrogen (secondary N) is 2. The maximum atomic E-state index is 14.2. The number of pyridine rings is 1. The van der Waals surface area contributed by atoms with Gasteiger partial charge in [0.25, 0.3) is 5.91 Å². The van der Waals surface area contributed by atoms with Gasteiger partial charge in [0.1, 0.15) is 18.0 Å². The number of halogens is 3. The van der Waals surface area contributed by atoms with E-state index in [0.717, 1.165) is 67.7 Å². The molecule has 3 saturated heterocycles. The Morgan fingerprint density at radius 1 is 1.07 bits per heavy atom. The van der Waals surface area contributed by atoms with Crippen molar-refractivity contribution in [3.05, 3.63) is 87.5 Å². The van der Waals surface area contributed by atoms with Crippen LogP contribution < -0.4 is 21.1 Å². The molecule has 0 radical (unpaired) electrons. The summed E-state index contributed by atoms with van der Waals surface area (Å²) in [5.74, 6) is -0.477. The van der Waals surface area contributed by atoms with Crippen LogP contribution in [0.15, 0.2) is 55.0 Å². The van der Waals surface area contributed by atoms with E-state index in [1.807, 2.05) is 27.9 Å². The monoisotopic (exact) mass is 859 g/mol. The van der Waals surface area contributed by atoms with E-state index in [9.17, 15) is 23.6 Å². The molecule has 0 spiro atoms. The summed E-state index contributed by atoms with van der Waals surface area (Å²) in [4.78, 5) is 60.4. The first kappa shape index (κ1) is 41.5. The molecule has 60 heavy (non-hydrogen) atoms. The molecule has 17 heteroatoms. The third kappa shape index (κ3) is 8.79. The van der Waals surface area contributed by atoms with Crippen molar-refractivity contribution in [1.29, 1.82) is 0 Å². The second-order valence-electron chi connectivity index (χ2n) is 16.1. The van der Waals surface area contributed by atoms with Gasteiger partial charge in [0.05, 0.1) is 17.3 Å². The molecule has 4 aliphatic rings. The zero-order valence-electron chi connectivity index (χ0n) is 33.3. The van der Waals surface area contributed by atoms with Gasteiger partial charge in [-0.15, -0.1) is 0 Å². The maximum Gasteiger partial charge on any atom is 0.255 e. The number of carbonyl (C=O) groups excluding carboxylic acids is 4. The molecule has 4 amide bonds. The van der Waals surface area contributed by atoms with Crippen molar-refractivity contribution in [3.8, 4) is 16.9 Å². The van der Waals surface area contributed by atoms with Crippen molar-refractivity contribution >= 4 is 58.3 Å². The number of nitrogen functional groups attached to an aromatic ring is 1. The second kappa shape index (κ2) is 17.8. The minimum absolute atomic E-state index is 0.0959. The molecule has 4 N–H and O–H groups in total. The molecule has 3 fully saturated rings. The number of fused-ring (bicyclic) bond motifs is 1. The normalized spacial score (nSPS) is 19.3. The lowest BCUT2D eigenvalue weighted by Crippen LogP contribution is -2.52. The Balaban J connectivity index is 0.733. The summed E-state index contributed by atoms with van der Waals surface area (Å²) in [5, 5.41) is 10.7. The molecule has 8 rings (SSSR count). The van der Waals surface area contributed by atoms with E-state index in [-0.39, 0.29) is 41.0 Å². The van der Waals surface area contributed by atoms with Crippen molar-refractivity contribution in [2.45, 2.75) is 76.6 Å². The molecule has 316 valence electrons. The number of amides is 4. The molecule has 4 aromatic rings. The molecule has 6 heterocycles. The number of piperidine rings is 2. The molecule has 0 bridgehead atoms. The molecule has 14 nitrogen and oxygen atoms in total. The summed E-state index contributed by atoms with van der Waals surface area (Å²) < 4.78 is 22.2. The summed E-state index contributed by atoms with van der Waals surface area (Å²) in [6.07, 6.45) is 9.62. The molecule has 2 aromatic heterocycles. The van der Waals surface area contributed by atoms with Crippen LogP contribution in [0.3, 0.4) is 0 Å². The van der Waals surface area contributed by atoms with Gasteiger partial charge in [-0.1, -0.05) is 29.3 Å². The molecule has 2 aromatic carbocycles. The number of nitrogens with zero attached hydrogens (tertiary/aromatic N) is 6. The number of rotatable bonds is 14. The van der Waals surface area contributed by atoms with Crippen LogP contribution in [0.4, 0.5) is 15.9 Å². The Labute approximate surface area is 357 Å². The largest absolute Gasteiger partial charge is 0.482 e. The number of aromatic nitrogens is 3. The number of carbonyl (C=O) groups is 4. The van der Waals surface area contributed by atoms with Gasteiger partial charge in [-0.2, -0.15) is 5.10 Å². The van der Waals surface area contributed by atoms with Crippen molar-refractivity contribution in [2.24, 2.45) is 5.92 Å². The van der Waals surface area contributed by atoms with Crippen LogP contribution in [0.1, 0.15) is 85.5 Å². The van der Waals surface area contributed by atoms with Crippen molar-refractivity contribution < 1.29 is 28.3 Å². The number of benzene rings is 2. The number of ether oxygens (including phenoxy) is 1. The Bertz CT molecular complexity index is 2290. The van der Waals surface area contributed by atoms with E-state index < -0.39 is 23.9 Å². The van der Waals surface area contributed by atoms with Crippen LogP contribution in [0.25, 0.3) is 11.1 Å². The van der Waals surface area contributed by atoms with E-state index in [0.29, 0.717) is 66.8 Å². The highest BCUT2D eigenvalue weighted by atomic mass is 35.5. The number of likely N-dealkylation sites (tertiary alicyclic amines) is 2. The fraction of sp³-hybridized carbons (Fsp3) is 0.442. The minimum Gasteiger partial charge on any atom is -0.482 e. The number of hydrogen-bond acceptors (Lipinski definition) is 10. The number of anilines is 2. The predicted molar refractivity (Wildman–Crippen MR) is 225 cm³/mol. The van der Waals surface area contributed by atoms with Crippen LogP contribution in [-0.2, 0) is 20.9 Å². The first-order valence-electron chi connectivity index (χ1n) is 20.5. The number of nitrogens with two attached hydrogens (primary N) is 1. The molecule has 0 saturated carbocycles. The van der Waals surface area contributed by atoms with Gasteiger partial charge in [0, 0.05) is 109 Å². The summed E-state index contributed by atoms with van der Waals surface area (Å²) in [6, 6.07) is 9.61. The highest BCUT2D eigenvalue weighted by molar-refractivity contribution is 6.36. The molecule has 2 unspecified atom stereocenters. The van der Waals surface area contributed by atoms with Crippen molar-refractivity contribution in [1.82, 2.24) is 34.8 Å². The topological polar surface area (TPSA) is 168 Å². The SMILES string of the molecule is CC(Oc1cc(-c2cnn(C3CCN(CCCCC(=O)N4CC(CNc5cccc6c5CN(C5CCC(=O)NC5=O)C6=O)C4)CC3)c2)cnc1N)c1c(Cl)ccc(F)c1Cl. The summed E-state index contributed by atoms with van der Waals surface area (Å²) >= 11 is 12.5. The quantitative estimate of drug-likeness (QED) is 0.0749. The van der Waals surface area contributed by atoms with Gasteiger partial charge >= 0.3 is 0 Å². The summed E-state index contributed by atoms with van der Waals surface area (Å²) in [7, 11) is 0. The number of unbranched alkanes of at least 4 members (excludes halogenated alkanes) is 1. The van der Waals surface area contributed by atoms with E-state index in [1.165, 1.54) is 12.1 Å².